The first-order chi connectivity index (χ1) is 10.2. The van der Waals surface area contributed by atoms with Crippen molar-refractivity contribution in [2.45, 2.75) is 36.8 Å². The van der Waals surface area contributed by atoms with Crippen molar-refractivity contribution in [1.82, 2.24) is 10.6 Å². The maximum absolute atomic E-state index is 12.6. The second-order valence-electron chi connectivity index (χ2n) is 5.95. The van der Waals surface area contributed by atoms with Crippen molar-refractivity contribution in [2.75, 3.05) is 20.2 Å². The largest absolute Gasteiger partial charge is 0.497 e. The van der Waals surface area contributed by atoms with Gasteiger partial charge in [-0.1, -0.05) is 12.1 Å². The molecule has 5 nitrogen and oxygen atoms in total. The van der Waals surface area contributed by atoms with Crippen LogP contribution in [0.15, 0.2) is 24.3 Å². The molecule has 114 valence electrons. The first-order valence-corrected chi connectivity index (χ1v) is 7.50. The van der Waals surface area contributed by atoms with E-state index in [1.807, 2.05) is 24.3 Å². The first-order valence-electron chi connectivity index (χ1n) is 7.50. The number of nitrogens with one attached hydrogen (secondary N) is 2. The fourth-order valence-corrected chi connectivity index (χ4v) is 3.00. The Labute approximate surface area is 124 Å². The van der Waals surface area contributed by atoms with Crippen molar-refractivity contribution in [2.24, 2.45) is 0 Å². The zero-order chi connectivity index (χ0) is 14.9. The minimum absolute atomic E-state index is 0.0404. The van der Waals surface area contributed by atoms with Crippen LogP contribution in [0.4, 0.5) is 0 Å². The van der Waals surface area contributed by atoms with Crippen LogP contribution >= 0.6 is 0 Å². The maximum Gasteiger partial charge on any atom is 0.230 e. The lowest BCUT2D eigenvalue weighted by Crippen LogP contribution is -2.54. The predicted molar refractivity (Wildman–Crippen MR) is 79.3 cm³/mol. The summed E-state index contributed by atoms with van der Waals surface area (Å²) >= 11 is 0. The van der Waals surface area contributed by atoms with Gasteiger partial charge in [0.2, 0.25) is 5.91 Å². The Kier molecular flexibility index (Phi) is 3.87. The molecule has 1 aromatic carbocycles. The van der Waals surface area contributed by atoms with Crippen molar-refractivity contribution in [3.63, 3.8) is 0 Å². The smallest absolute Gasteiger partial charge is 0.230 e. The van der Waals surface area contributed by atoms with E-state index < -0.39 is 11.5 Å². The lowest BCUT2D eigenvalue weighted by Gasteiger charge is -2.30. The Morgan fingerprint density at radius 1 is 1.38 bits per heavy atom. The molecule has 0 spiro atoms. The van der Waals surface area contributed by atoms with Crippen LogP contribution < -0.4 is 15.4 Å². The van der Waals surface area contributed by atoms with Gasteiger partial charge in [0, 0.05) is 6.54 Å². The molecule has 0 radical (unpaired) electrons. The van der Waals surface area contributed by atoms with Crippen LogP contribution in [0, 0.1) is 0 Å². The molecule has 5 heteroatoms. The van der Waals surface area contributed by atoms with E-state index in [4.69, 9.17) is 4.74 Å². The average molecular weight is 290 g/mol. The number of β-amino-alcohol motifs (C(OH)–C–C–N with tert-alkyl or cyclic N) is 1. The molecule has 1 aliphatic carbocycles. The van der Waals surface area contributed by atoms with Gasteiger partial charge >= 0.3 is 0 Å². The van der Waals surface area contributed by atoms with E-state index in [0.717, 1.165) is 37.1 Å². The molecule has 0 unspecified atom stereocenters. The van der Waals surface area contributed by atoms with Crippen LogP contribution in [0.1, 0.15) is 24.8 Å². The molecule has 1 aromatic rings. The predicted octanol–water partition coefficient (Wildman–Crippen LogP) is 0.566. The number of carbonyl (C=O) groups excluding carboxylic acids is 1. The van der Waals surface area contributed by atoms with Gasteiger partial charge in [0.15, 0.2) is 0 Å². The van der Waals surface area contributed by atoms with E-state index >= 15 is 0 Å². The Hall–Kier alpha value is -1.59. The number of benzene rings is 1. The van der Waals surface area contributed by atoms with E-state index in [0.29, 0.717) is 6.54 Å². The average Bonchev–Trinajstić information content (AvgIpc) is 3.31. The van der Waals surface area contributed by atoms with Crippen molar-refractivity contribution in [3.05, 3.63) is 29.8 Å². The molecule has 2 atom stereocenters. The van der Waals surface area contributed by atoms with Crippen molar-refractivity contribution in [3.8, 4) is 5.75 Å². The fourth-order valence-electron chi connectivity index (χ4n) is 3.00. The number of methoxy groups -OCH3 is 1. The summed E-state index contributed by atoms with van der Waals surface area (Å²) in [6, 6.07) is 7.56. The minimum atomic E-state index is -0.505. The molecule has 1 heterocycles. The molecule has 2 aliphatic rings. The summed E-state index contributed by atoms with van der Waals surface area (Å²) in [5.74, 6) is 0.836. The summed E-state index contributed by atoms with van der Waals surface area (Å²) in [5.41, 5.74) is 0.626. The second-order valence-corrected chi connectivity index (χ2v) is 5.95. The van der Waals surface area contributed by atoms with Crippen LogP contribution in [0.3, 0.4) is 0 Å². The first kappa shape index (κ1) is 14.4. The van der Waals surface area contributed by atoms with Crippen LogP contribution in [0.5, 0.6) is 5.75 Å². The highest BCUT2D eigenvalue weighted by molar-refractivity contribution is 5.91. The SMILES string of the molecule is COc1ccc(C2(C(=O)N[C@@H]3CCNC[C@H]3O)CC2)cc1. The second kappa shape index (κ2) is 5.66. The molecule has 1 saturated carbocycles. The van der Waals surface area contributed by atoms with Gasteiger partial charge in [-0.25, -0.2) is 0 Å². The summed E-state index contributed by atoms with van der Waals surface area (Å²) < 4.78 is 5.16. The highest BCUT2D eigenvalue weighted by Gasteiger charge is 2.51. The third-order valence-corrected chi connectivity index (χ3v) is 4.59. The van der Waals surface area contributed by atoms with Crippen molar-refractivity contribution >= 4 is 5.91 Å². The lowest BCUT2D eigenvalue weighted by atomic mass is 9.93. The number of piperidine rings is 1. The molecule has 3 rings (SSSR count). The molecule has 2 fully saturated rings. The highest BCUT2D eigenvalue weighted by atomic mass is 16.5. The Balaban J connectivity index is 1.70. The van der Waals surface area contributed by atoms with Gasteiger partial charge in [0.1, 0.15) is 5.75 Å². The summed E-state index contributed by atoms with van der Waals surface area (Å²) in [6.45, 7) is 1.37. The van der Waals surface area contributed by atoms with Crippen LogP contribution in [-0.2, 0) is 10.2 Å². The number of amides is 1. The molecule has 1 aliphatic heterocycles. The van der Waals surface area contributed by atoms with Crippen LogP contribution in [-0.4, -0.2) is 43.4 Å². The molecule has 1 amide bonds. The van der Waals surface area contributed by atoms with Crippen molar-refractivity contribution < 1.29 is 14.6 Å². The number of aliphatic hydroxyl groups excluding tert-OH is 1. The quantitative estimate of drug-likeness (QED) is 0.758. The monoisotopic (exact) mass is 290 g/mol. The highest BCUT2D eigenvalue weighted by Crippen LogP contribution is 2.48. The summed E-state index contributed by atoms with van der Waals surface area (Å²) in [4.78, 5) is 12.6. The molecular formula is C16H22N2O3. The van der Waals surface area contributed by atoms with Gasteiger partial charge in [-0.2, -0.15) is 0 Å². The molecule has 1 saturated heterocycles. The minimum Gasteiger partial charge on any atom is -0.497 e. The summed E-state index contributed by atoms with van der Waals surface area (Å²) in [6.07, 6.45) is 2.00. The topological polar surface area (TPSA) is 70.6 Å². The third-order valence-electron chi connectivity index (χ3n) is 4.59. The molecule has 3 N–H and O–H groups in total. The number of hydrogen-bond donors (Lipinski definition) is 3. The van der Waals surface area contributed by atoms with E-state index in [1.54, 1.807) is 7.11 Å². The van der Waals surface area contributed by atoms with E-state index in [1.165, 1.54) is 0 Å². The van der Waals surface area contributed by atoms with E-state index in [-0.39, 0.29) is 11.9 Å². The lowest BCUT2D eigenvalue weighted by molar-refractivity contribution is -0.125. The van der Waals surface area contributed by atoms with Gasteiger partial charge in [-0.05, 0) is 43.5 Å². The standard InChI is InChI=1S/C16H22N2O3/c1-21-12-4-2-11(3-5-12)16(7-8-16)15(20)18-13-6-9-17-10-14(13)19/h2-5,13-14,17,19H,6-10H2,1H3,(H,18,20)/t13-,14-/m1/s1. The molecule has 0 aromatic heterocycles. The van der Waals surface area contributed by atoms with Gasteiger partial charge < -0.3 is 20.5 Å². The van der Waals surface area contributed by atoms with Gasteiger partial charge in [0.05, 0.1) is 24.7 Å². The van der Waals surface area contributed by atoms with Gasteiger partial charge in [-0.15, -0.1) is 0 Å². The fraction of sp³-hybridized carbons (Fsp3) is 0.562. The third kappa shape index (κ3) is 2.76. The Bertz CT molecular complexity index is 511. The van der Waals surface area contributed by atoms with Crippen LogP contribution in [0.25, 0.3) is 0 Å². The van der Waals surface area contributed by atoms with Crippen molar-refractivity contribution in [1.29, 1.82) is 0 Å². The van der Waals surface area contributed by atoms with Gasteiger partial charge in [0.25, 0.3) is 0 Å². The van der Waals surface area contributed by atoms with Gasteiger partial charge in [-0.3, -0.25) is 4.79 Å². The molecular weight excluding hydrogens is 268 g/mol. The Morgan fingerprint density at radius 3 is 2.67 bits per heavy atom. The molecule has 0 bridgehead atoms. The number of ether oxygens (including phenoxy) is 1. The summed E-state index contributed by atoms with van der Waals surface area (Å²) in [7, 11) is 1.63. The summed E-state index contributed by atoms with van der Waals surface area (Å²) in [5, 5.41) is 16.1. The molecule has 21 heavy (non-hydrogen) atoms. The number of aliphatic hydroxyl groups is 1. The zero-order valence-corrected chi connectivity index (χ0v) is 12.3. The number of hydrogen-bond acceptors (Lipinski definition) is 4. The number of rotatable bonds is 4. The Morgan fingerprint density at radius 2 is 2.10 bits per heavy atom. The van der Waals surface area contributed by atoms with E-state index in [9.17, 15) is 9.90 Å². The van der Waals surface area contributed by atoms with Crippen LogP contribution in [0.2, 0.25) is 0 Å². The van der Waals surface area contributed by atoms with E-state index in [2.05, 4.69) is 10.6 Å². The normalized spacial score (nSPS) is 27.0. The number of carbonyl (C=O) groups is 1. The maximum atomic E-state index is 12.6. The zero-order valence-electron chi connectivity index (χ0n) is 12.3.